The second-order valence-electron chi connectivity index (χ2n) is 9.71. The minimum absolute atomic E-state index is 0.0528. The van der Waals surface area contributed by atoms with Crippen LogP contribution >= 0.6 is 0 Å². The molecule has 0 amide bonds. The lowest BCUT2D eigenvalue weighted by molar-refractivity contribution is -0.137. The van der Waals surface area contributed by atoms with Gasteiger partial charge in [0.1, 0.15) is 5.82 Å². The van der Waals surface area contributed by atoms with Crippen molar-refractivity contribution in [2.45, 2.75) is 31.0 Å². The van der Waals surface area contributed by atoms with Gasteiger partial charge in [0.25, 0.3) is 0 Å². The Balaban J connectivity index is 1.27. The average Bonchev–Trinajstić information content (AvgIpc) is 3.40. The van der Waals surface area contributed by atoms with Gasteiger partial charge in [0.2, 0.25) is 0 Å². The quantitative estimate of drug-likeness (QED) is 0.381. The van der Waals surface area contributed by atoms with Crippen molar-refractivity contribution in [2.75, 3.05) is 24.5 Å². The van der Waals surface area contributed by atoms with Crippen LogP contribution < -0.4 is 4.90 Å². The van der Waals surface area contributed by atoms with E-state index in [2.05, 4.69) is 48.6 Å². The molecule has 4 aromatic rings. The Morgan fingerprint density at radius 3 is 2.54 bits per heavy atom. The lowest BCUT2D eigenvalue weighted by Gasteiger charge is -2.40. The fourth-order valence-corrected chi connectivity index (χ4v) is 5.61. The van der Waals surface area contributed by atoms with E-state index in [1.54, 1.807) is 6.07 Å². The number of fused-ring (bicyclic) bond motifs is 3. The number of hydrogen-bond acceptors (Lipinski definition) is 4. The highest BCUT2D eigenvalue weighted by atomic mass is 19.4. The molecule has 0 radical (unpaired) electrons. The summed E-state index contributed by atoms with van der Waals surface area (Å²) < 4.78 is 41.4. The molecule has 5 nitrogen and oxygen atoms in total. The van der Waals surface area contributed by atoms with Gasteiger partial charge in [-0.2, -0.15) is 13.2 Å². The number of rotatable bonds is 3. The Kier molecular flexibility index (Phi) is 5.11. The van der Waals surface area contributed by atoms with Crippen LogP contribution in [0.4, 0.5) is 24.5 Å². The van der Waals surface area contributed by atoms with Crippen LogP contribution in [0, 0.1) is 0 Å². The molecule has 180 valence electrons. The zero-order chi connectivity index (χ0) is 24.2. The maximum Gasteiger partial charge on any atom is 0.417 e. The Bertz CT molecular complexity index is 1390. The van der Waals surface area contributed by atoms with Crippen molar-refractivity contribution >= 4 is 22.3 Å². The van der Waals surface area contributed by atoms with E-state index in [0.29, 0.717) is 10.9 Å². The number of benzene rings is 2. The zero-order valence-electron chi connectivity index (χ0n) is 19.5. The highest BCUT2D eigenvalue weighted by Gasteiger charge is 2.45. The summed E-state index contributed by atoms with van der Waals surface area (Å²) >= 11 is 0. The van der Waals surface area contributed by atoms with Crippen LogP contribution in [0.5, 0.6) is 0 Å². The molecule has 0 aliphatic carbocycles. The van der Waals surface area contributed by atoms with Crippen LogP contribution in [0.3, 0.4) is 0 Å². The first-order valence-corrected chi connectivity index (χ1v) is 11.9. The molecule has 2 aliphatic rings. The summed E-state index contributed by atoms with van der Waals surface area (Å²) in [5.41, 5.74) is 3.40. The minimum atomic E-state index is -4.40. The lowest BCUT2D eigenvalue weighted by atomic mass is 9.74. The SMILES string of the molecule is Cn1ccnc1CN1CCC2(CC1)CN(c1ccc3cc(C(F)(F)F)cnc3c1)c1ccccc12. The van der Waals surface area contributed by atoms with E-state index >= 15 is 0 Å². The fraction of sp³-hybridized carbons (Fsp3) is 0.333. The number of imidazole rings is 1. The van der Waals surface area contributed by atoms with E-state index in [-0.39, 0.29) is 5.41 Å². The van der Waals surface area contributed by atoms with Crippen molar-refractivity contribution in [3.05, 3.63) is 84.1 Å². The minimum Gasteiger partial charge on any atom is -0.340 e. The summed E-state index contributed by atoms with van der Waals surface area (Å²) in [6.45, 7) is 3.69. The largest absolute Gasteiger partial charge is 0.417 e. The third-order valence-corrected chi connectivity index (χ3v) is 7.63. The first kappa shape index (κ1) is 22.1. The van der Waals surface area contributed by atoms with Crippen LogP contribution in [-0.4, -0.2) is 39.1 Å². The monoisotopic (exact) mass is 477 g/mol. The average molecular weight is 478 g/mol. The molecule has 1 saturated heterocycles. The first-order valence-electron chi connectivity index (χ1n) is 11.9. The normalized spacial score (nSPS) is 17.9. The second kappa shape index (κ2) is 8.09. The summed E-state index contributed by atoms with van der Waals surface area (Å²) in [5.74, 6) is 1.08. The van der Waals surface area contributed by atoms with Gasteiger partial charge in [-0.25, -0.2) is 4.98 Å². The van der Waals surface area contributed by atoms with Gasteiger partial charge >= 0.3 is 6.18 Å². The van der Waals surface area contributed by atoms with Crippen LogP contribution in [0.2, 0.25) is 0 Å². The summed E-state index contributed by atoms with van der Waals surface area (Å²) in [7, 11) is 2.03. The molecule has 1 fully saturated rings. The van der Waals surface area contributed by atoms with Crippen LogP contribution in [-0.2, 0) is 25.2 Å². The topological polar surface area (TPSA) is 37.2 Å². The van der Waals surface area contributed by atoms with Gasteiger partial charge in [-0.1, -0.05) is 24.3 Å². The summed E-state index contributed by atoms with van der Waals surface area (Å²) in [6, 6.07) is 15.3. The van der Waals surface area contributed by atoms with Gasteiger partial charge in [0.15, 0.2) is 0 Å². The maximum atomic E-state index is 13.1. The number of hydrogen-bond donors (Lipinski definition) is 0. The van der Waals surface area contributed by atoms with Crippen LogP contribution in [0.25, 0.3) is 10.9 Å². The third kappa shape index (κ3) is 3.86. The van der Waals surface area contributed by atoms with Crippen molar-refractivity contribution in [1.29, 1.82) is 0 Å². The Morgan fingerprint density at radius 2 is 1.80 bits per heavy atom. The maximum absolute atomic E-state index is 13.1. The van der Waals surface area contributed by atoms with Gasteiger partial charge < -0.3 is 9.47 Å². The molecule has 2 aromatic heterocycles. The molecule has 8 heteroatoms. The van der Waals surface area contributed by atoms with E-state index in [0.717, 1.165) is 56.7 Å². The number of aromatic nitrogens is 3. The van der Waals surface area contributed by atoms with Crippen molar-refractivity contribution in [2.24, 2.45) is 7.05 Å². The van der Waals surface area contributed by atoms with Crippen LogP contribution in [0.1, 0.15) is 29.8 Å². The fourth-order valence-electron chi connectivity index (χ4n) is 5.61. The van der Waals surface area contributed by atoms with E-state index in [1.165, 1.54) is 17.3 Å². The molecular formula is C27H26F3N5. The van der Waals surface area contributed by atoms with E-state index in [1.807, 2.05) is 31.6 Å². The number of piperidine rings is 1. The van der Waals surface area contributed by atoms with Crippen LogP contribution in [0.15, 0.2) is 67.1 Å². The highest BCUT2D eigenvalue weighted by Crippen LogP contribution is 2.49. The number of pyridine rings is 1. The van der Waals surface area contributed by atoms with E-state index in [9.17, 15) is 13.2 Å². The Labute approximate surface area is 201 Å². The zero-order valence-corrected chi connectivity index (χ0v) is 19.5. The summed E-state index contributed by atoms with van der Waals surface area (Å²) in [6.07, 6.45) is 2.44. The van der Waals surface area contributed by atoms with Gasteiger partial charge in [-0.3, -0.25) is 9.88 Å². The van der Waals surface area contributed by atoms with Gasteiger partial charge in [-0.05, 0) is 55.8 Å². The van der Waals surface area contributed by atoms with Crippen molar-refractivity contribution < 1.29 is 13.2 Å². The molecule has 0 atom stereocenters. The van der Waals surface area contributed by atoms with Gasteiger partial charge in [0.05, 0.1) is 17.6 Å². The van der Waals surface area contributed by atoms with Gasteiger partial charge in [0, 0.05) is 54.4 Å². The predicted octanol–water partition coefficient (Wildman–Crippen LogP) is 5.67. The molecule has 6 rings (SSSR count). The Morgan fingerprint density at radius 1 is 1.00 bits per heavy atom. The second-order valence-corrected chi connectivity index (χ2v) is 9.71. The summed E-state index contributed by atoms with van der Waals surface area (Å²) in [4.78, 5) is 13.4. The third-order valence-electron chi connectivity index (χ3n) is 7.63. The number of anilines is 2. The number of halogens is 3. The molecule has 0 bridgehead atoms. The first-order chi connectivity index (χ1) is 16.8. The predicted molar refractivity (Wildman–Crippen MR) is 130 cm³/mol. The molecule has 0 N–H and O–H groups in total. The van der Waals surface area contributed by atoms with Crippen molar-refractivity contribution in [3.8, 4) is 0 Å². The Hall–Kier alpha value is -3.39. The standard InChI is InChI=1S/C27H26F3N5/c1-33-13-10-31-25(33)17-34-11-8-26(9-12-34)18-35(24-5-3-2-4-22(24)26)21-7-6-19-14-20(27(28,29)30)16-32-23(19)15-21/h2-7,10,13-16H,8-9,11-12,17-18H2,1H3. The number of para-hydroxylation sites is 1. The number of alkyl halides is 3. The van der Waals surface area contributed by atoms with E-state index in [4.69, 9.17) is 0 Å². The highest BCUT2D eigenvalue weighted by molar-refractivity contribution is 5.85. The lowest BCUT2D eigenvalue weighted by Crippen LogP contribution is -2.44. The molecule has 35 heavy (non-hydrogen) atoms. The molecule has 1 spiro atoms. The molecular weight excluding hydrogens is 451 g/mol. The van der Waals surface area contributed by atoms with Gasteiger partial charge in [-0.15, -0.1) is 0 Å². The van der Waals surface area contributed by atoms with Crippen molar-refractivity contribution in [3.63, 3.8) is 0 Å². The number of nitrogens with zero attached hydrogens (tertiary/aromatic N) is 5. The number of aryl methyl sites for hydroxylation is 1. The smallest absolute Gasteiger partial charge is 0.340 e. The van der Waals surface area contributed by atoms with E-state index < -0.39 is 11.7 Å². The molecule has 0 saturated carbocycles. The number of likely N-dealkylation sites (tertiary alicyclic amines) is 1. The molecule has 0 unspecified atom stereocenters. The molecule has 4 heterocycles. The molecule has 2 aliphatic heterocycles. The summed E-state index contributed by atoms with van der Waals surface area (Å²) in [5, 5.41) is 0.494. The van der Waals surface area contributed by atoms with Crippen molar-refractivity contribution in [1.82, 2.24) is 19.4 Å². The molecule has 2 aromatic carbocycles.